The van der Waals surface area contributed by atoms with E-state index in [0.29, 0.717) is 6.10 Å². The fourth-order valence-electron chi connectivity index (χ4n) is 1.96. The van der Waals surface area contributed by atoms with Gasteiger partial charge in [0, 0.05) is 5.41 Å². The Bertz CT molecular complexity index is 256. The third kappa shape index (κ3) is 1.89. The molecule has 1 aliphatic heterocycles. The molecule has 1 fully saturated rings. The van der Waals surface area contributed by atoms with Gasteiger partial charge in [-0.15, -0.1) is 0 Å². The number of epoxide rings is 1. The molecule has 3 heteroatoms. The van der Waals surface area contributed by atoms with E-state index >= 15 is 0 Å². The van der Waals surface area contributed by atoms with Crippen LogP contribution in [0.1, 0.15) is 41.0 Å². The smallest absolute Gasteiger partial charge is 0.311 e. The summed E-state index contributed by atoms with van der Waals surface area (Å²) in [4.78, 5) is 11.7. The van der Waals surface area contributed by atoms with Gasteiger partial charge in [-0.3, -0.25) is 4.79 Å². The molecule has 0 aromatic rings. The number of ether oxygens (including phenoxy) is 2. The maximum atomic E-state index is 11.7. The van der Waals surface area contributed by atoms with Crippen LogP contribution in [0.4, 0.5) is 0 Å². The first-order valence-corrected chi connectivity index (χ1v) is 5.53. The van der Waals surface area contributed by atoms with Crippen molar-refractivity contribution in [2.24, 2.45) is 10.8 Å². The molecule has 0 aliphatic carbocycles. The first-order chi connectivity index (χ1) is 6.79. The standard InChI is InChI=1S/C12H22O3/c1-7-8-9(15-8)11(2,3)12(4,5)10(13)14-6/h8-9H,7H2,1-6H3. The minimum absolute atomic E-state index is 0.169. The van der Waals surface area contributed by atoms with E-state index in [0.717, 1.165) is 6.42 Å². The van der Waals surface area contributed by atoms with Crippen LogP contribution < -0.4 is 0 Å². The Kier molecular flexibility index (Phi) is 3.15. The van der Waals surface area contributed by atoms with Gasteiger partial charge in [-0.2, -0.15) is 0 Å². The van der Waals surface area contributed by atoms with Crippen molar-refractivity contribution in [2.75, 3.05) is 7.11 Å². The summed E-state index contributed by atoms with van der Waals surface area (Å²) in [7, 11) is 1.44. The van der Waals surface area contributed by atoms with E-state index in [2.05, 4.69) is 20.8 Å². The highest BCUT2D eigenvalue weighted by molar-refractivity contribution is 5.77. The maximum absolute atomic E-state index is 11.7. The number of hydrogen-bond acceptors (Lipinski definition) is 3. The zero-order valence-corrected chi connectivity index (χ0v) is 10.6. The van der Waals surface area contributed by atoms with Crippen LogP contribution in [-0.2, 0) is 14.3 Å². The molecule has 0 N–H and O–H groups in total. The van der Waals surface area contributed by atoms with Crippen molar-refractivity contribution >= 4 is 5.97 Å². The average molecular weight is 214 g/mol. The molecule has 2 unspecified atom stereocenters. The molecule has 3 nitrogen and oxygen atoms in total. The second kappa shape index (κ2) is 3.78. The zero-order valence-electron chi connectivity index (χ0n) is 10.6. The topological polar surface area (TPSA) is 38.8 Å². The molecular weight excluding hydrogens is 192 g/mol. The molecule has 1 rings (SSSR count). The fourth-order valence-corrected chi connectivity index (χ4v) is 1.96. The first-order valence-electron chi connectivity index (χ1n) is 5.53. The number of esters is 1. The molecule has 2 atom stereocenters. The van der Waals surface area contributed by atoms with E-state index in [1.807, 2.05) is 13.8 Å². The summed E-state index contributed by atoms with van der Waals surface area (Å²) in [6.45, 7) is 10.1. The second-order valence-corrected chi connectivity index (χ2v) is 5.34. The first kappa shape index (κ1) is 12.5. The molecule has 0 radical (unpaired) electrons. The van der Waals surface area contributed by atoms with Crippen LogP contribution in [0.2, 0.25) is 0 Å². The lowest BCUT2D eigenvalue weighted by Crippen LogP contribution is -2.44. The van der Waals surface area contributed by atoms with Crippen molar-refractivity contribution in [1.82, 2.24) is 0 Å². The molecule has 0 aromatic carbocycles. The molecular formula is C12H22O3. The van der Waals surface area contributed by atoms with E-state index in [1.165, 1.54) is 7.11 Å². The Hall–Kier alpha value is -0.570. The Labute approximate surface area is 92.1 Å². The molecule has 1 aliphatic rings. The van der Waals surface area contributed by atoms with Crippen LogP contribution in [0.5, 0.6) is 0 Å². The summed E-state index contributed by atoms with van der Waals surface area (Å²) in [6.07, 6.45) is 1.49. The van der Waals surface area contributed by atoms with E-state index < -0.39 is 5.41 Å². The minimum Gasteiger partial charge on any atom is -0.469 e. The summed E-state index contributed by atoms with van der Waals surface area (Å²) in [6, 6.07) is 0. The van der Waals surface area contributed by atoms with Gasteiger partial charge in [-0.05, 0) is 20.3 Å². The summed E-state index contributed by atoms with van der Waals surface area (Å²) < 4.78 is 10.5. The molecule has 0 bridgehead atoms. The van der Waals surface area contributed by atoms with Crippen LogP contribution >= 0.6 is 0 Å². The van der Waals surface area contributed by atoms with Crippen molar-refractivity contribution < 1.29 is 14.3 Å². The summed E-state index contributed by atoms with van der Waals surface area (Å²) in [5.41, 5.74) is -0.711. The number of rotatable bonds is 4. The van der Waals surface area contributed by atoms with Crippen molar-refractivity contribution in [2.45, 2.75) is 53.2 Å². The monoisotopic (exact) mass is 214 g/mol. The van der Waals surface area contributed by atoms with Gasteiger partial charge in [-0.1, -0.05) is 20.8 Å². The van der Waals surface area contributed by atoms with Crippen LogP contribution in [0.25, 0.3) is 0 Å². The van der Waals surface area contributed by atoms with Gasteiger partial charge in [0.15, 0.2) is 0 Å². The molecule has 88 valence electrons. The minimum atomic E-state index is -0.518. The summed E-state index contributed by atoms with van der Waals surface area (Å²) in [5.74, 6) is -0.169. The number of methoxy groups -OCH3 is 1. The largest absolute Gasteiger partial charge is 0.469 e. The highest BCUT2D eigenvalue weighted by atomic mass is 16.6. The van der Waals surface area contributed by atoms with Gasteiger partial charge in [0.1, 0.15) is 0 Å². The number of carbonyl (C=O) groups excluding carboxylic acids is 1. The lowest BCUT2D eigenvalue weighted by Gasteiger charge is -2.38. The van der Waals surface area contributed by atoms with E-state index in [-0.39, 0.29) is 17.5 Å². The SMILES string of the molecule is CCC1OC1C(C)(C)C(C)(C)C(=O)OC. The number of carbonyl (C=O) groups is 1. The molecule has 15 heavy (non-hydrogen) atoms. The van der Waals surface area contributed by atoms with Crippen molar-refractivity contribution in [3.63, 3.8) is 0 Å². The van der Waals surface area contributed by atoms with Gasteiger partial charge in [0.2, 0.25) is 0 Å². The van der Waals surface area contributed by atoms with E-state index in [1.54, 1.807) is 0 Å². The molecule has 0 aromatic heterocycles. The van der Waals surface area contributed by atoms with Crippen LogP contribution in [0, 0.1) is 10.8 Å². The summed E-state index contributed by atoms with van der Waals surface area (Å²) >= 11 is 0. The van der Waals surface area contributed by atoms with Gasteiger partial charge in [0.05, 0.1) is 24.7 Å². The van der Waals surface area contributed by atoms with E-state index in [9.17, 15) is 4.79 Å². The van der Waals surface area contributed by atoms with Crippen LogP contribution in [-0.4, -0.2) is 25.3 Å². The van der Waals surface area contributed by atoms with Gasteiger partial charge in [0.25, 0.3) is 0 Å². The van der Waals surface area contributed by atoms with Crippen molar-refractivity contribution in [1.29, 1.82) is 0 Å². The number of hydrogen-bond donors (Lipinski definition) is 0. The molecule has 1 heterocycles. The summed E-state index contributed by atoms with van der Waals surface area (Å²) in [5, 5.41) is 0. The predicted molar refractivity (Wildman–Crippen MR) is 58.5 cm³/mol. The lowest BCUT2D eigenvalue weighted by molar-refractivity contribution is -0.158. The van der Waals surface area contributed by atoms with Gasteiger partial charge in [-0.25, -0.2) is 0 Å². The molecule has 0 saturated carbocycles. The third-order valence-corrected chi connectivity index (χ3v) is 4.00. The fraction of sp³-hybridized carbons (Fsp3) is 0.917. The highest BCUT2D eigenvalue weighted by Gasteiger charge is 2.58. The Morgan fingerprint density at radius 3 is 2.20 bits per heavy atom. The Morgan fingerprint density at radius 2 is 1.87 bits per heavy atom. The zero-order chi connectivity index (χ0) is 11.9. The van der Waals surface area contributed by atoms with Crippen molar-refractivity contribution in [3.8, 4) is 0 Å². The Morgan fingerprint density at radius 1 is 1.33 bits per heavy atom. The Balaban J connectivity index is 2.81. The third-order valence-electron chi connectivity index (χ3n) is 4.00. The molecule has 0 spiro atoms. The predicted octanol–water partition coefficient (Wildman–Crippen LogP) is 2.39. The van der Waals surface area contributed by atoms with Gasteiger partial charge >= 0.3 is 5.97 Å². The van der Waals surface area contributed by atoms with Crippen LogP contribution in [0.15, 0.2) is 0 Å². The highest BCUT2D eigenvalue weighted by Crippen LogP contribution is 2.51. The van der Waals surface area contributed by atoms with Crippen LogP contribution in [0.3, 0.4) is 0 Å². The second-order valence-electron chi connectivity index (χ2n) is 5.34. The molecule has 1 saturated heterocycles. The normalized spacial score (nSPS) is 26.3. The van der Waals surface area contributed by atoms with Crippen molar-refractivity contribution in [3.05, 3.63) is 0 Å². The van der Waals surface area contributed by atoms with Gasteiger partial charge < -0.3 is 9.47 Å². The lowest BCUT2D eigenvalue weighted by atomic mass is 9.65. The average Bonchev–Trinajstić information content (AvgIpc) is 2.95. The van der Waals surface area contributed by atoms with E-state index in [4.69, 9.17) is 9.47 Å². The maximum Gasteiger partial charge on any atom is 0.311 e. The molecule has 0 amide bonds. The quantitative estimate of drug-likeness (QED) is 0.533.